The van der Waals surface area contributed by atoms with E-state index in [4.69, 9.17) is 25.9 Å². The number of aromatic nitrogens is 1. The Balaban J connectivity index is 0. The minimum atomic E-state index is -6.09. The Labute approximate surface area is 210 Å². The third kappa shape index (κ3) is 16.3. The standard InChI is InChI=1S/C14H24N4.2CHF3O3S.Cu/c1-16-7-8-17(2)10-12-18(11-9-16)13-14-5-3-4-6-15-14;2*2-1(3,4)8(5,6)7;/h3-6H,7-13H2,1-2H3;2*(H,5,6,7);/q;;;+2/p-2. The van der Waals surface area contributed by atoms with Crippen LogP contribution in [0.2, 0.25) is 0 Å². The van der Waals surface area contributed by atoms with Crippen molar-refractivity contribution in [1.29, 1.82) is 0 Å². The minimum Gasteiger partial charge on any atom is -0.741 e. The molecule has 2 rings (SSSR count). The SMILES string of the molecule is CN1CCN(C)CCN(Cc2ccccn2)CC1.O=S(=O)([O-])C(F)(F)F.O=S(=O)([O-])C(F)(F)F.[Cu+2]. The molecule has 0 saturated carbocycles. The molecule has 0 amide bonds. The van der Waals surface area contributed by atoms with Crippen molar-refractivity contribution in [1.82, 2.24) is 19.7 Å². The van der Waals surface area contributed by atoms with Gasteiger partial charge in [0.15, 0.2) is 20.2 Å². The molecule has 35 heavy (non-hydrogen) atoms. The van der Waals surface area contributed by atoms with Crippen LogP contribution in [-0.2, 0) is 43.8 Å². The first-order chi connectivity index (χ1) is 15.2. The van der Waals surface area contributed by atoms with E-state index in [1.807, 2.05) is 12.3 Å². The van der Waals surface area contributed by atoms with Gasteiger partial charge in [0.1, 0.15) is 0 Å². The fourth-order valence-electron chi connectivity index (χ4n) is 2.18. The largest absolute Gasteiger partial charge is 2.00 e. The van der Waals surface area contributed by atoms with Crippen molar-refractivity contribution in [3.63, 3.8) is 0 Å². The van der Waals surface area contributed by atoms with E-state index in [0.29, 0.717) is 0 Å². The van der Waals surface area contributed by atoms with Crippen LogP contribution in [-0.4, -0.2) is 110 Å². The third-order valence-corrected chi connectivity index (χ3v) is 5.27. The molecule has 0 aromatic carbocycles. The van der Waals surface area contributed by atoms with Crippen LogP contribution in [0.25, 0.3) is 0 Å². The van der Waals surface area contributed by atoms with Gasteiger partial charge in [-0.05, 0) is 26.2 Å². The van der Waals surface area contributed by atoms with Crippen molar-refractivity contribution in [3.05, 3.63) is 30.1 Å². The molecule has 209 valence electrons. The van der Waals surface area contributed by atoms with E-state index in [1.54, 1.807) is 0 Å². The van der Waals surface area contributed by atoms with E-state index in [0.717, 1.165) is 45.8 Å². The molecule has 0 unspecified atom stereocenters. The summed E-state index contributed by atoms with van der Waals surface area (Å²) in [6, 6.07) is 6.15. The number of nitrogens with zero attached hydrogens (tertiary/aromatic N) is 4. The molecule has 10 nitrogen and oxygen atoms in total. The first-order valence-corrected chi connectivity index (χ1v) is 12.1. The summed E-state index contributed by atoms with van der Waals surface area (Å²) in [5.41, 5.74) is -10.1. The maximum atomic E-state index is 10.7. The van der Waals surface area contributed by atoms with Gasteiger partial charge in [-0.1, -0.05) is 6.07 Å². The first kappa shape index (κ1) is 36.1. The van der Waals surface area contributed by atoms with Gasteiger partial charge in [0.25, 0.3) is 0 Å². The van der Waals surface area contributed by atoms with Crippen molar-refractivity contribution >= 4 is 20.2 Å². The maximum absolute atomic E-state index is 10.7. The fourth-order valence-corrected chi connectivity index (χ4v) is 2.18. The molecule has 0 spiro atoms. The number of halogens is 6. The summed E-state index contributed by atoms with van der Waals surface area (Å²) >= 11 is 0. The van der Waals surface area contributed by atoms with Gasteiger partial charge >= 0.3 is 28.1 Å². The van der Waals surface area contributed by atoms with E-state index >= 15 is 0 Å². The zero-order chi connectivity index (χ0) is 26.8. The Morgan fingerprint density at radius 1 is 0.800 bits per heavy atom. The summed E-state index contributed by atoms with van der Waals surface area (Å²) in [5, 5.41) is 0. The van der Waals surface area contributed by atoms with Crippen molar-refractivity contribution in [2.75, 3.05) is 53.4 Å². The van der Waals surface area contributed by atoms with Crippen molar-refractivity contribution in [2.45, 2.75) is 17.6 Å². The Kier molecular flexibility index (Phi) is 15.7. The predicted molar refractivity (Wildman–Crippen MR) is 106 cm³/mol. The topological polar surface area (TPSA) is 137 Å². The van der Waals surface area contributed by atoms with E-state index in [1.165, 1.54) is 5.69 Å². The van der Waals surface area contributed by atoms with Crippen molar-refractivity contribution < 1.29 is 69.4 Å². The Morgan fingerprint density at radius 3 is 1.43 bits per heavy atom. The minimum absolute atomic E-state index is 0. The van der Waals surface area contributed by atoms with E-state index < -0.39 is 31.3 Å². The van der Waals surface area contributed by atoms with E-state index in [-0.39, 0.29) is 17.1 Å². The van der Waals surface area contributed by atoms with Crippen LogP contribution in [0.4, 0.5) is 26.3 Å². The summed E-state index contributed by atoms with van der Waals surface area (Å²) in [6.45, 7) is 7.81. The molecule has 0 aliphatic carbocycles. The molecule has 1 aromatic rings. The van der Waals surface area contributed by atoms with Crippen LogP contribution in [0.1, 0.15) is 5.69 Å². The zero-order valence-electron chi connectivity index (χ0n) is 18.4. The Morgan fingerprint density at radius 2 is 1.14 bits per heavy atom. The van der Waals surface area contributed by atoms with Crippen molar-refractivity contribution in [2.24, 2.45) is 0 Å². The molecule has 1 radical (unpaired) electrons. The number of likely N-dealkylation sites (N-methyl/N-ethyl adjacent to an activating group) is 2. The van der Waals surface area contributed by atoms with Gasteiger partial charge < -0.3 is 18.9 Å². The number of rotatable bonds is 2. The summed E-state index contributed by atoms with van der Waals surface area (Å²) in [4.78, 5) is 11.7. The van der Waals surface area contributed by atoms with E-state index in [9.17, 15) is 26.3 Å². The van der Waals surface area contributed by atoms with Gasteiger partial charge in [0, 0.05) is 52.0 Å². The summed E-state index contributed by atoms with van der Waals surface area (Å²) in [5.74, 6) is 0. The number of hydrogen-bond acceptors (Lipinski definition) is 10. The van der Waals surface area contributed by atoms with E-state index in [2.05, 4.69) is 45.9 Å². The average molecular weight is 610 g/mol. The van der Waals surface area contributed by atoms with Crippen LogP contribution < -0.4 is 0 Å². The van der Waals surface area contributed by atoms with Gasteiger partial charge in [0.05, 0.1) is 5.69 Å². The van der Waals surface area contributed by atoms with Gasteiger partial charge in [-0.15, -0.1) is 0 Å². The molecule has 2 heterocycles. The number of hydrogen-bond donors (Lipinski definition) is 0. The second kappa shape index (κ2) is 15.3. The molecular weight excluding hydrogens is 586 g/mol. The summed E-state index contributed by atoms with van der Waals surface area (Å²) in [6.07, 6.45) is 1.88. The first-order valence-electron chi connectivity index (χ1n) is 9.27. The van der Waals surface area contributed by atoms with Gasteiger partial charge in [0.2, 0.25) is 0 Å². The second-order valence-corrected chi connectivity index (χ2v) is 9.75. The van der Waals surface area contributed by atoms with Crippen LogP contribution in [0, 0.1) is 0 Å². The van der Waals surface area contributed by atoms with Gasteiger partial charge in [-0.25, -0.2) is 16.8 Å². The molecule has 1 fully saturated rings. The fraction of sp³-hybridized carbons (Fsp3) is 0.688. The zero-order valence-corrected chi connectivity index (χ0v) is 21.0. The van der Waals surface area contributed by atoms with Crippen LogP contribution in [0.5, 0.6) is 0 Å². The number of alkyl halides is 6. The molecular formula is C16H24CuF6N4O6S2. The summed E-state index contributed by atoms with van der Waals surface area (Å²) < 4.78 is 118. The van der Waals surface area contributed by atoms with Crippen LogP contribution >= 0.6 is 0 Å². The Bertz CT molecular complexity index is 880. The Hall–Kier alpha value is -1.05. The van der Waals surface area contributed by atoms with Crippen LogP contribution in [0.3, 0.4) is 0 Å². The molecule has 1 aliphatic heterocycles. The maximum Gasteiger partial charge on any atom is 2.00 e. The smallest absolute Gasteiger partial charge is 0.741 e. The van der Waals surface area contributed by atoms with Gasteiger partial charge in [-0.2, -0.15) is 26.3 Å². The second-order valence-electron chi connectivity index (χ2n) is 7.00. The molecule has 0 N–H and O–H groups in total. The predicted octanol–water partition coefficient (Wildman–Crippen LogP) is 0.861. The molecule has 1 aromatic heterocycles. The molecule has 0 atom stereocenters. The average Bonchev–Trinajstić information content (AvgIpc) is 2.73. The summed E-state index contributed by atoms with van der Waals surface area (Å²) in [7, 11) is -7.77. The third-order valence-electron chi connectivity index (χ3n) is 4.14. The normalized spacial score (nSPS) is 17.3. The monoisotopic (exact) mass is 609 g/mol. The number of pyridine rings is 1. The molecule has 1 saturated heterocycles. The molecule has 0 bridgehead atoms. The van der Waals surface area contributed by atoms with Crippen LogP contribution in [0.15, 0.2) is 24.4 Å². The quantitative estimate of drug-likeness (QED) is 0.205. The molecule has 1 aliphatic rings. The molecule has 19 heteroatoms. The van der Waals surface area contributed by atoms with Crippen molar-refractivity contribution in [3.8, 4) is 0 Å². The van der Waals surface area contributed by atoms with Gasteiger partial charge in [-0.3, -0.25) is 9.88 Å².